The first-order valence-corrected chi connectivity index (χ1v) is 12.1. The van der Waals surface area contributed by atoms with Crippen molar-refractivity contribution < 1.29 is 18.5 Å². The van der Waals surface area contributed by atoms with Crippen LogP contribution in [0.5, 0.6) is 0 Å². The second-order valence-corrected chi connectivity index (χ2v) is 10.2. The standard InChI is InChI=1S/C20H43NO3P/c1-5-6-7-8-9-10-11-12-13-14-15-16-17-20-25(22,23)24-19-18-21(2,3)4/h11H,5-10,12-20H2,1-4H3/p+1. The molecule has 0 aliphatic heterocycles. The number of hydrogen-bond donors (Lipinski definition) is 1. The summed E-state index contributed by atoms with van der Waals surface area (Å²) in [5, 5.41) is 0. The van der Waals surface area contributed by atoms with Gasteiger partial charge in [0.2, 0.25) is 0 Å². The maximum atomic E-state index is 11.9. The maximum Gasteiger partial charge on any atom is 0.328 e. The third-order valence-corrected chi connectivity index (χ3v) is 5.88. The Balaban J connectivity index is 3.35. The van der Waals surface area contributed by atoms with Gasteiger partial charge < -0.3 is 13.9 Å². The normalized spacial score (nSPS) is 14.6. The molecule has 0 amide bonds. The van der Waals surface area contributed by atoms with Gasteiger partial charge in [0, 0.05) is 6.16 Å². The van der Waals surface area contributed by atoms with Crippen molar-refractivity contribution in [2.45, 2.75) is 84.0 Å². The van der Waals surface area contributed by atoms with Crippen LogP contribution in [0.4, 0.5) is 0 Å². The number of unbranched alkanes of at least 4 members (excludes halogenated alkanes) is 12. The van der Waals surface area contributed by atoms with Gasteiger partial charge in [0.05, 0.1) is 21.1 Å². The van der Waals surface area contributed by atoms with E-state index in [-0.39, 0.29) is 0 Å². The largest absolute Gasteiger partial charge is 0.329 e. The monoisotopic (exact) mass is 377 g/mol. The number of hydrogen-bond acceptors (Lipinski definition) is 2. The number of rotatable bonds is 18. The zero-order valence-electron chi connectivity index (χ0n) is 17.3. The van der Waals surface area contributed by atoms with E-state index < -0.39 is 7.60 Å². The molecule has 0 fully saturated rings. The van der Waals surface area contributed by atoms with E-state index in [1.54, 1.807) is 0 Å². The van der Waals surface area contributed by atoms with Gasteiger partial charge in [-0.15, -0.1) is 0 Å². The average Bonchev–Trinajstić information content (AvgIpc) is 2.50. The minimum Gasteiger partial charge on any atom is -0.329 e. The van der Waals surface area contributed by atoms with Crippen LogP contribution in [0.25, 0.3) is 0 Å². The highest BCUT2D eigenvalue weighted by Crippen LogP contribution is 2.42. The quantitative estimate of drug-likeness (QED) is 0.186. The first kappa shape index (κ1) is 25.1. The molecule has 0 spiro atoms. The molecule has 0 bridgehead atoms. The van der Waals surface area contributed by atoms with Gasteiger partial charge >= 0.3 is 7.60 Å². The Labute approximate surface area is 157 Å². The molecule has 1 radical (unpaired) electrons. The zero-order chi connectivity index (χ0) is 19.0. The van der Waals surface area contributed by atoms with E-state index in [1.807, 2.05) is 0 Å². The highest BCUT2D eigenvalue weighted by atomic mass is 31.2. The van der Waals surface area contributed by atoms with Crippen LogP contribution in [-0.2, 0) is 9.09 Å². The van der Waals surface area contributed by atoms with E-state index >= 15 is 0 Å². The number of nitrogens with zero attached hydrogens (tertiary/aromatic N) is 1. The smallest absolute Gasteiger partial charge is 0.328 e. The third-order valence-electron chi connectivity index (χ3n) is 4.42. The van der Waals surface area contributed by atoms with Gasteiger partial charge in [0.25, 0.3) is 0 Å². The summed E-state index contributed by atoms with van der Waals surface area (Å²) in [6.07, 6.45) is 17.5. The van der Waals surface area contributed by atoms with Gasteiger partial charge in [-0.2, -0.15) is 0 Å². The van der Waals surface area contributed by atoms with Crippen molar-refractivity contribution in [1.82, 2.24) is 0 Å². The molecule has 4 nitrogen and oxygen atoms in total. The lowest BCUT2D eigenvalue weighted by Crippen LogP contribution is -2.37. The Morgan fingerprint density at radius 2 is 1.40 bits per heavy atom. The lowest BCUT2D eigenvalue weighted by atomic mass is 10.1. The fraction of sp³-hybridized carbons (Fsp3) is 0.950. The topological polar surface area (TPSA) is 46.5 Å². The molecule has 1 unspecified atom stereocenters. The van der Waals surface area contributed by atoms with Gasteiger partial charge in [-0.1, -0.05) is 77.6 Å². The highest BCUT2D eigenvalue weighted by molar-refractivity contribution is 7.52. The molecule has 5 heteroatoms. The van der Waals surface area contributed by atoms with Crippen molar-refractivity contribution in [1.29, 1.82) is 0 Å². The van der Waals surface area contributed by atoms with E-state index in [2.05, 4.69) is 34.5 Å². The van der Waals surface area contributed by atoms with Crippen LogP contribution in [0.1, 0.15) is 84.0 Å². The van der Waals surface area contributed by atoms with E-state index in [0.29, 0.717) is 12.8 Å². The number of likely N-dealkylation sites (N-methyl/N-ethyl adjacent to an activating group) is 1. The highest BCUT2D eigenvalue weighted by Gasteiger charge is 2.20. The fourth-order valence-electron chi connectivity index (χ4n) is 2.69. The van der Waals surface area contributed by atoms with E-state index in [1.165, 1.54) is 57.8 Å². The molecule has 0 heterocycles. The van der Waals surface area contributed by atoms with Crippen LogP contribution in [0.3, 0.4) is 0 Å². The van der Waals surface area contributed by atoms with Crippen molar-refractivity contribution in [2.24, 2.45) is 0 Å². The molecule has 0 saturated heterocycles. The first-order valence-electron chi connectivity index (χ1n) is 10.4. The molecule has 0 aromatic rings. The molecule has 1 N–H and O–H groups in total. The SMILES string of the molecule is CCCCCCC[CH]CCCCCCCP(=O)(O)OCC[N+](C)(C)C. The van der Waals surface area contributed by atoms with E-state index in [9.17, 15) is 9.46 Å². The zero-order valence-corrected chi connectivity index (χ0v) is 18.2. The summed E-state index contributed by atoms with van der Waals surface area (Å²) in [7, 11) is 2.78. The summed E-state index contributed by atoms with van der Waals surface area (Å²) in [6.45, 7) is 3.36. The van der Waals surface area contributed by atoms with Crippen LogP contribution in [-0.4, -0.2) is 49.8 Å². The summed E-state index contributed by atoms with van der Waals surface area (Å²) in [5.41, 5.74) is 0. The molecule has 0 rings (SSSR count). The minimum atomic E-state index is -3.38. The molecule has 0 aliphatic carbocycles. The second-order valence-electron chi connectivity index (χ2n) is 8.26. The molecule has 0 saturated carbocycles. The second kappa shape index (κ2) is 15.2. The molecule has 1 atom stereocenters. The maximum absolute atomic E-state index is 11.9. The predicted molar refractivity (Wildman–Crippen MR) is 109 cm³/mol. The molecule has 151 valence electrons. The van der Waals surface area contributed by atoms with Crippen molar-refractivity contribution in [3.63, 3.8) is 0 Å². The summed E-state index contributed by atoms with van der Waals surface area (Å²) in [5.74, 6) is 0. The molecule has 0 aromatic heterocycles. The molecular weight excluding hydrogens is 333 g/mol. The van der Waals surface area contributed by atoms with E-state index in [4.69, 9.17) is 4.52 Å². The van der Waals surface area contributed by atoms with Gasteiger partial charge in [0.1, 0.15) is 13.2 Å². The Morgan fingerprint density at radius 3 is 1.96 bits per heavy atom. The predicted octanol–water partition coefficient (Wildman–Crippen LogP) is 5.80. The van der Waals surface area contributed by atoms with Gasteiger partial charge in [-0.05, 0) is 12.8 Å². The van der Waals surface area contributed by atoms with Crippen LogP contribution in [0.15, 0.2) is 0 Å². The lowest BCUT2D eigenvalue weighted by Gasteiger charge is -2.24. The van der Waals surface area contributed by atoms with Crippen LogP contribution >= 0.6 is 7.60 Å². The van der Waals surface area contributed by atoms with Crippen LogP contribution in [0.2, 0.25) is 0 Å². The lowest BCUT2D eigenvalue weighted by molar-refractivity contribution is -0.870. The Kier molecular flexibility index (Phi) is 15.3. The van der Waals surface area contributed by atoms with Crippen LogP contribution in [0, 0.1) is 6.42 Å². The first-order chi connectivity index (χ1) is 11.8. The average molecular weight is 378 g/mol. The van der Waals surface area contributed by atoms with Crippen molar-refractivity contribution in [2.75, 3.05) is 40.5 Å². The summed E-state index contributed by atoms with van der Waals surface area (Å²) in [6, 6.07) is 0. The summed E-state index contributed by atoms with van der Waals surface area (Å²) in [4.78, 5) is 9.81. The molecule has 0 aromatic carbocycles. The van der Waals surface area contributed by atoms with Crippen molar-refractivity contribution in [3.05, 3.63) is 6.42 Å². The Bertz CT molecular complexity index is 342. The van der Waals surface area contributed by atoms with Gasteiger partial charge in [0.15, 0.2) is 0 Å². The Hall–Kier alpha value is 0.110. The third kappa shape index (κ3) is 20.3. The molecule has 25 heavy (non-hydrogen) atoms. The summed E-state index contributed by atoms with van der Waals surface area (Å²) < 4.78 is 17.9. The van der Waals surface area contributed by atoms with Gasteiger partial charge in [-0.25, -0.2) is 0 Å². The minimum absolute atomic E-state index is 0.300. The van der Waals surface area contributed by atoms with Gasteiger partial charge in [-0.3, -0.25) is 4.57 Å². The fourth-order valence-corrected chi connectivity index (χ4v) is 3.81. The van der Waals surface area contributed by atoms with Crippen molar-refractivity contribution >= 4 is 7.60 Å². The molecule has 0 aliphatic rings. The summed E-state index contributed by atoms with van der Waals surface area (Å²) >= 11 is 0. The number of quaternary nitrogens is 1. The Morgan fingerprint density at radius 1 is 0.880 bits per heavy atom. The van der Waals surface area contributed by atoms with Crippen molar-refractivity contribution in [3.8, 4) is 0 Å². The molecular formula is C20H44NO3P+. The van der Waals surface area contributed by atoms with E-state index in [0.717, 1.165) is 30.3 Å². The van der Waals surface area contributed by atoms with Crippen LogP contribution < -0.4 is 0 Å².